The van der Waals surface area contributed by atoms with Gasteiger partial charge in [0.25, 0.3) is 5.91 Å². The Balaban J connectivity index is 0.00000192. The van der Waals surface area contributed by atoms with E-state index in [1.165, 1.54) is 30.4 Å². The molecule has 23 heavy (non-hydrogen) atoms. The van der Waals surface area contributed by atoms with Gasteiger partial charge in [0, 0.05) is 38.3 Å². The van der Waals surface area contributed by atoms with Gasteiger partial charge in [0.05, 0.1) is 0 Å². The zero-order chi connectivity index (χ0) is 15.2. The van der Waals surface area contributed by atoms with Crippen LogP contribution in [0, 0.1) is 0 Å². The van der Waals surface area contributed by atoms with Gasteiger partial charge in [-0.1, -0.05) is 6.07 Å². The second kappa shape index (κ2) is 9.26. The fourth-order valence-corrected chi connectivity index (χ4v) is 3.42. The van der Waals surface area contributed by atoms with E-state index in [4.69, 9.17) is 0 Å². The van der Waals surface area contributed by atoms with E-state index in [9.17, 15) is 4.79 Å². The van der Waals surface area contributed by atoms with E-state index >= 15 is 0 Å². The average molecular weight is 338 g/mol. The Labute approximate surface area is 145 Å². The molecular weight excluding hydrogens is 310 g/mol. The predicted molar refractivity (Wildman–Crippen MR) is 96.6 cm³/mol. The van der Waals surface area contributed by atoms with Crippen LogP contribution in [0.4, 0.5) is 0 Å². The van der Waals surface area contributed by atoms with Gasteiger partial charge >= 0.3 is 0 Å². The fraction of sp³-hybridized carbons (Fsp3) is 0.611. The molecule has 0 aromatic heterocycles. The van der Waals surface area contributed by atoms with Crippen molar-refractivity contribution in [2.75, 3.05) is 39.3 Å². The first kappa shape index (κ1) is 18.2. The smallest absolute Gasteiger partial charge is 0.251 e. The first-order valence-corrected chi connectivity index (χ1v) is 8.66. The molecule has 1 aromatic rings. The van der Waals surface area contributed by atoms with Gasteiger partial charge in [0.15, 0.2) is 0 Å². The van der Waals surface area contributed by atoms with Crippen LogP contribution in [-0.4, -0.2) is 50.1 Å². The highest BCUT2D eigenvalue weighted by molar-refractivity contribution is 5.94. The summed E-state index contributed by atoms with van der Waals surface area (Å²) in [6.07, 6.45) is 5.85. The number of hydrogen-bond donors (Lipinski definition) is 2. The van der Waals surface area contributed by atoms with Gasteiger partial charge in [-0.05, 0) is 61.9 Å². The summed E-state index contributed by atoms with van der Waals surface area (Å²) in [7, 11) is 0. The Hall–Kier alpha value is -1.10. The van der Waals surface area contributed by atoms with Gasteiger partial charge in [0.2, 0.25) is 0 Å². The van der Waals surface area contributed by atoms with E-state index in [0.717, 1.165) is 57.7 Å². The molecule has 0 spiro atoms. The summed E-state index contributed by atoms with van der Waals surface area (Å²) < 4.78 is 0. The number of aryl methyl sites for hydroxylation is 2. The van der Waals surface area contributed by atoms with Crippen LogP contribution in [0.3, 0.4) is 0 Å². The lowest BCUT2D eigenvalue weighted by Gasteiger charge is -2.27. The molecule has 0 atom stereocenters. The SMILES string of the molecule is Cl.O=C(NCCCN1CCNCC1)c1ccc2c(c1)CCCC2. The zero-order valence-corrected chi connectivity index (χ0v) is 14.6. The Morgan fingerprint density at radius 1 is 1.13 bits per heavy atom. The Morgan fingerprint density at radius 2 is 1.87 bits per heavy atom. The number of piperazine rings is 1. The Bertz CT molecular complexity index is 515. The van der Waals surface area contributed by atoms with E-state index in [0.29, 0.717) is 0 Å². The highest BCUT2D eigenvalue weighted by Crippen LogP contribution is 2.22. The average Bonchev–Trinajstić information content (AvgIpc) is 2.59. The number of rotatable bonds is 5. The number of halogens is 1. The van der Waals surface area contributed by atoms with Crippen molar-refractivity contribution in [3.8, 4) is 0 Å². The number of nitrogens with one attached hydrogen (secondary N) is 2. The number of amides is 1. The highest BCUT2D eigenvalue weighted by Gasteiger charge is 2.13. The van der Waals surface area contributed by atoms with Crippen molar-refractivity contribution in [1.82, 2.24) is 15.5 Å². The summed E-state index contributed by atoms with van der Waals surface area (Å²) >= 11 is 0. The molecule has 0 bridgehead atoms. The third-order valence-electron chi connectivity index (χ3n) is 4.76. The van der Waals surface area contributed by atoms with Crippen molar-refractivity contribution in [3.05, 3.63) is 34.9 Å². The minimum absolute atomic E-state index is 0. The Kier molecular flexibility index (Phi) is 7.34. The van der Waals surface area contributed by atoms with Crippen molar-refractivity contribution in [1.29, 1.82) is 0 Å². The molecule has 2 N–H and O–H groups in total. The number of fused-ring (bicyclic) bond motifs is 1. The van der Waals surface area contributed by atoms with Crippen molar-refractivity contribution in [3.63, 3.8) is 0 Å². The molecule has 1 aliphatic carbocycles. The van der Waals surface area contributed by atoms with E-state index in [-0.39, 0.29) is 18.3 Å². The van der Waals surface area contributed by atoms with Crippen LogP contribution in [0.1, 0.15) is 40.7 Å². The summed E-state index contributed by atoms with van der Waals surface area (Å²) in [6, 6.07) is 6.22. The second-order valence-electron chi connectivity index (χ2n) is 6.39. The molecule has 1 heterocycles. The molecule has 0 saturated carbocycles. The number of hydrogen-bond acceptors (Lipinski definition) is 3. The van der Waals surface area contributed by atoms with Crippen LogP contribution in [0.5, 0.6) is 0 Å². The van der Waals surface area contributed by atoms with Crippen molar-refractivity contribution >= 4 is 18.3 Å². The Morgan fingerprint density at radius 3 is 2.65 bits per heavy atom. The second-order valence-corrected chi connectivity index (χ2v) is 6.39. The third kappa shape index (κ3) is 5.20. The molecule has 3 rings (SSSR count). The predicted octanol–water partition coefficient (Wildman–Crippen LogP) is 2.01. The molecule has 0 radical (unpaired) electrons. The molecular formula is C18H28ClN3O. The van der Waals surface area contributed by atoms with Crippen LogP contribution in [-0.2, 0) is 12.8 Å². The topological polar surface area (TPSA) is 44.4 Å². The minimum Gasteiger partial charge on any atom is -0.352 e. The van der Waals surface area contributed by atoms with E-state index in [2.05, 4.69) is 27.7 Å². The van der Waals surface area contributed by atoms with Crippen molar-refractivity contribution < 1.29 is 4.79 Å². The minimum atomic E-state index is 0. The lowest BCUT2D eigenvalue weighted by Crippen LogP contribution is -2.44. The summed E-state index contributed by atoms with van der Waals surface area (Å²) in [5.41, 5.74) is 3.63. The molecule has 2 aliphatic rings. The molecule has 4 nitrogen and oxygen atoms in total. The van der Waals surface area contributed by atoms with E-state index in [1.807, 2.05) is 6.07 Å². The first-order chi connectivity index (χ1) is 10.8. The van der Waals surface area contributed by atoms with Crippen LogP contribution < -0.4 is 10.6 Å². The van der Waals surface area contributed by atoms with E-state index < -0.39 is 0 Å². The van der Waals surface area contributed by atoms with Crippen LogP contribution >= 0.6 is 12.4 Å². The quantitative estimate of drug-likeness (QED) is 0.808. The van der Waals surface area contributed by atoms with Gasteiger partial charge in [-0.2, -0.15) is 0 Å². The molecule has 1 saturated heterocycles. The molecule has 0 unspecified atom stereocenters. The van der Waals surface area contributed by atoms with Gasteiger partial charge < -0.3 is 15.5 Å². The van der Waals surface area contributed by atoms with Crippen LogP contribution in [0.15, 0.2) is 18.2 Å². The highest BCUT2D eigenvalue weighted by atomic mass is 35.5. The summed E-state index contributed by atoms with van der Waals surface area (Å²) in [5, 5.41) is 6.42. The lowest BCUT2D eigenvalue weighted by atomic mass is 9.90. The first-order valence-electron chi connectivity index (χ1n) is 8.66. The lowest BCUT2D eigenvalue weighted by molar-refractivity contribution is 0.0951. The fourth-order valence-electron chi connectivity index (χ4n) is 3.42. The van der Waals surface area contributed by atoms with Gasteiger partial charge in [-0.15, -0.1) is 12.4 Å². The van der Waals surface area contributed by atoms with Gasteiger partial charge in [-0.25, -0.2) is 0 Å². The summed E-state index contributed by atoms with van der Waals surface area (Å²) in [6.45, 7) is 6.26. The maximum Gasteiger partial charge on any atom is 0.251 e. The third-order valence-corrected chi connectivity index (χ3v) is 4.76. The monoisotopic (exact) mass is 337 g/mol. The van der Waals surface area contributed by atoms with Gasteiger partial charge in [-0.3, -0.25) is 4.79 Å². The van der Waals surface area contributed by atoms with Crippen molar-refractivity contribution in [2.45, 2.75) is 32.1 Å². The molecule has 128 valence electrons. The number of carbonyl (C=O) groups is 1. The van der Waals surface area contributed by atoms with Crippen LogP contribution in [0.25, 0.3) is 0 Å². The maximum absolute atomic E-state index is 12.2. The largest absolute Gasteiger partial charge is 0.352 e. The standard InChI is InChI=1S/C18H27N3O.ClH/c22-18(20-8-3-11-21-12-9-19-10-13-21)17-7-6-15-4-1-2-5-16(15)14-17;/h6-7,14,19H,1-5,8-13H2,(H,20,22);1H. The van der Waals surface area contributed by atoms with E-state index in [1.54, 1.807) is 0 Å². The normalized spacial score (nSPS) is 17.9. The number of nitrogens with zero attached hydrogens (tertiary/aromatic N) is 1. The summed E-state index contributed by atoms with van der Waals surface area (Å²) in [4.78, 5) is 14.7. The van der Waals surface area contributed by atoms with Crippen LogP contribution in [0.2, 0.25) is 0 Å². The molecule has 1 aromatic carbocycles. The maximum atomic E-state index is 12.2. The van der Waals surface area contributed by atoms with Crippen molar-refractivity contribution in [2.24, 2.45) is 0 Å². The summed E-state index contributed by atoms with van der Waals surface area (Å²) in [5.74, 6) is 0.0775. The number of benzene rings is 1. The molecule has 1 fully saturated rings. The molecule has 1 amide bonds. The molecule has 1 aliphatic heterocycles. The van der Waals surface area contributed by atoms with Gasteiger partial charge in [0.1, 0.15) is 0 Å². The number of carbonyl (C=O) groups excluding carboxylic acids is 1. The molecule has 5 heteroatoms. The zero-order valence-electron chi connectivity index (χ0n) is 13.8.